The van der Waals surface area contributed by atoms with Crippen LogP contribution in [0.3, 0.4) is 0 Å². The number of anilines is 1. The molecular formula is C21H24N8O. The second kappa shape index (κ2) is 7.01. The van der Waals surface area contributed by atoms with Crippen molar-refractivity contribution < 1.29 is 4.79 Å². The van der Waals surface area contributed by atoms with Crippen molar-refractivity contribution >= 4 is 28.3 Å². The zero-order valence-corrected chi connectivity index (χ0v) is 17.0. The lowest BCUT2D eigenvalue weighted by atomic mass is 9.96. The van der Waals surface area contributed by atoms with E-state index in [9.17, 15) is 4.79 Å². The smallest absolute Gasteiger partial charge is 0.319 e. The first-order valence-electron chi connectivity index (χ1n) is 10.1. The number of urea groups is 1. The summed E-state index contributed by atoms with van der Waals surface area (Å²) >= 11 is 0. The number of nitrogens with two attached hydrogens (primary N) is 1. The van der Waals surface area contributed by atoms with E-state index in [2.05, 4.69) is 27.2 Å². The summed E-state index contributed by atoms with van der Waals surface area (Å²) in [6.45, 7) is 1.39. The fraction of sp³-hybridized carbons (Fsp3) is 0.333. The molecule has 1 saturated heterocycles. The van der Waals surface area contributed by atoms with Crippen molar-refractivity contribution in [2.75, 3.05) is 32.9 Å². The van der Waals surface area contributed by atoms with E-state index in [0.29, 0.717) is 24.4 Å². The number of hydrogen-bond donors (Lipinski definition) is 2. The first-order chi connectivity index (χ1) is 14.5. The summed E-state index contributed by atoms with van der Waals surface area (Å²) in [4.78, 5) is 28.4. The van der Waals surface area contributed by atoms with Crippen LogP contribution in [0.15, 0.2) is 36.7 Å². The third kappa shape index (κ3) is 2.94. The number of aromatic amines is 1. The molecule has 0 aliphatic carbocycles. The lowest BCUT2D eigenvalue weighted by Crippen LogP contribution is -2.43. The summed E-state index contributed by atoms with van der Waals surface area (Å²) in [6.07, 6.45) is 3.12. The van der Waals surface area contributed by atoms with E-state index in [1.165, 1.54) is 6.33 Å². The average Bonchev–Trinajstić information content (AvgIpc) is 3.35. The Labute approximate surface area is 173 Å². The van der Waals surface area contributed by atoms with Crippen molar-refractivity contribution in [3.05, 3.63) is 42.5 Å². The number of para-hydroxylation sites is 1. The number of hydrogen-bond acceptors (Lipinski definition) is 5. The molecule has 9 nitrogen and oxygen atoms in total. The van der Waals surface area contributed by atoms with Crippen LogP contribution in [0.5, 0.6) is 0 Å². The molecule has 9 heteroatoms. The van der Waals surface area contributed by atoms with Gasteiger partial charge in [-0.1, -0.05) is 18.2 Å². The number of fused-ring (bicyclic) bond motifs is 2. The summed E-state index contributed by atoms with van der Waals surface area (Å²) in [7, 11) is 3.56. The van der Waals surface area contributed by atoms with Crippen molar-refractivity contribution in [1.29, 1.82) is 0 Å². The molecule has 30 heavy (non-hydrogen) atoms. The van der Waals surface area contributed by atoms with Crippen molar-refractivity contribution in [3.8, 4) is 11.4 Å². The minimum absolute atomic E-state index is 0.0479. The maximum Gasteiger partial charge on any atom is 0.319 e. The van der Waals surface area contributed by atoms with Crippen LogP contribution in [-0.2, 0) is 0 Å². The fourth-order valence-electron chi connectivity index (χ4n) is 4.24. The number of nitrogens with one attached hydrogen (secondary N) is 1. The highest BCUT2D eigenvalue weighted by atomic mass is 16.2. The Morgan fingerprint density at radius 2 is 2.00 bits per heavy atom. The monoisotopic (exact) mass is 404 g/mol. The van der Waals surface area contributed by atoms with E-state index in [1.807, 2.05) is 27.6 Å². The van der Waals surface area contributed by atoms with Crippen molar-refractivity contribution in [2.24, 2.45) is 0 Å². The van der Waals surface area contributed by atoms with Gasteiger partial charge < -0.3 is 20.5 Å². The maximum atomic E-state index is 12.3. The lowest BCUT2D eigenvalue weighted by molar-refractivity contribution is 0.155. The number of nitrogens with zero attached hydrogens (tertiary/aromatic N) is 6. The van der Waals surface area contributed by atoms with Gasteiger partial charge in [0.2, 0.25) is 0 Å². The number of amides is 2. The molecule has 0 bridgehead atoms. The third-order valence-electron chi connectivity index (χ3n) is 5.78. The highest BCUT2D eigenvalue weighted by Gasteiger charge is 2.29. The average molecular weight is 404 g/mol. The number of aromatic nitrogens is 5. The van der Waals surface area contributed by atoms with Crippen LogP contribution in [0, 0.1) is 0 Å². The van der Waals surface area contributed by atoms with Crippen LogP contribution in [0.4, 0.5) is 10.6 Å². The molecule has 1 aromatic carbocycles. The van der Waals surface area contributed by atoms with E-state index in [0.717, 1.165) is 41.0 Å². The fourth-order valence-corrected chi connectivity index (χ4v) is 4.24. The van der Waals surface area contributed by atoms with Gasteiger partial charge in [-0.3, -0.25) is 0 Å². The van der Waals surface area contributed by atoms with E-state index in [1.54, 1.807) is 19.0 Å². The van der Waals surface area contributed by atoms with Crippen LogP contribution in [0.2, 0.25) is 0 Å². The van der Waals surface area contributed by atoms with Crippen molar-refractivity contribution in [3.63, 3.8) is 0 Å². The number of H-pyrrole nitrogens is 1. The molecule has 3 aromatic heterocycles. The summed E-state index contributed by atoms with van der Waals surface area (Å²) in [6, 6.07) is 10.2. The number of imidazole rings is 1. The van der Waals surface area contributed by atoms with Gasteiger partial charge in [-0.05, 0) is 25.0 Å². The summed E-state index contributed by atoms with van der Waals surface area (Å²) in [5, 5.41) is 5.57. The Hall–Kier alpha value is -3.62. The molecule has 0 unspecified atom stereocenters. The van der Waals surface area contributed by atoms with E-state index >= 15 is 0 Å². The predicted octanol–water partition coefficient (Wildman–Crippen LogP) is 2.72. The first-order valence-corrected chi connectivity index (χ1v) is 10.1. The van der Waals surface area contributed by atoms with Crippen molar-refractivity contribution in [2.45, 2.75) is 18.8 Å². The second-order valence-electron chi connectivity index (χ2n) is 7.93. The summed E-state index contributed by atoms with van der Waals surface area (Å²) in [5.74, 6) is 1.46. The van der Waals surface area contributed by atoms with Gasteiger partial charge >= 0.3 is 6.03 Å². The van der Waals surface area contributed by atoms with E-state index in [-0.39, 0.29) is 11.9 Å². The Bertz CT molecular complexity index is 1200. The topological polar surface area (TPSA) is 108 Å². The summed E-state index contributed by atoms with van der Waals surface area (Å²) in [5.41, 5.74) is 9.64. The molecular weight excluding hydrogens is 380 g/mol. The lowest BCUT2D eigenvalue weighted by Gasteiger charge is -2.33. The van der Waals surface area contributed by atoms with E-state index in [4.69, 9.17) is 10.7 Å². The number of rotatable bonds is 2. The van der Waals surface area contributed by atoms with Crippen molar-refractivity contribution in [1.82, 2.24) is 34.4 Å². The standard InChI is InChI=1S/C21H24N8O/c1-27(2)21(30)28-9-7-13(8-10-28)20-26-17(18-19(22)23-12-24-29(18)20)16-11-14-5-3-4-6-15(14)25-16/h3-6,11-13,25H,7-10H2,1-2H3,(H2,22,23,24). The van der Waals surface area contributed by atoms with Gasteiger partial charge in [0.15, 0.2) is 5.82 Å². The zero-order chi connectivity index (χ0) is 20.8. The van der Waals surface area contributed by atoms with Crippen LogP contribution >= 0.6 is 0 Å². The maximum absolute atomic E-state index is 12.3. The summed E-state index contributed by atoms with van der Waals surface area (Å²) < 4.78 is 1.82. The van der Waals surface area contributed by atoms with Crippen LogP contribution in [0.1, 0.15) is 24.6 Å². The number of likely N-dealkylation sites (tertiary alicyclic amines) is 1. The first kappa shape index (κ1) is 18.4. The van der Waals surface area contributed by atoms with Gasteiger partial charge in [0.05, 0.1) is 5.69 Å². The molecule has 1 fully saturated rings. The van der Waals surface area contributed by atoms with Crippen LogP contribution in [-0.4, -0.2) is 67.6 Å². The normalized spacial score (nSPS) is 15.2. The van der Waals surface area contributed by atoms with Gasteiger partial charge in [-0.15, -0.1) is 0 Å². The Morgan fingerprint density at radius 1 is 1.23 bits per heavy atom. The molecule has 154 valence electrons. The molecule has 1 aliphatic rings. The molecule has 0 atom stereocenters. The SMILES string of the molecule is CN(C)C(=O)N1CCC(c2nc(-c3cc4ccccc4[nH]3)c3c(N)ncnn23)CC1. The molecule has 1 aliphatic heterocycles. The Kier molecular flexibility index (Phi) is 4.30. The number of nitrogen functional groups attached to an aromatic ring is 1. The van der Waals surface area contributed by atoms with Gasteiger partial charge in [0.25, 0.3) is 0 Å². The van der Waals surface area contributed by atoms with Gasteiger partial charge in [0, 0.05) is 44.0 Å². The molecule has 0 radical (unpaired) electrons. The highest BCUT2D eigenvalue weighted by Crippen LogP contribution is 2.34. The van der Waals surface area contributed by atoms with E-state index < -0.39 is 0 Å². The Balaban J connectivity index is 1.54. The molecule has 4 heterocycles. The molecule has 0 spiro atoms. The Morgan fingerprint density at radius 3 is 2.73 bits per heavy atom. The predicted molar refractivity (Wildman–Crippen MR) is 115 cm³/mol. The van der Waals surface area contributed by atoms with Gasteiger partial charge in [0.1, 0.15) is 23.4 Å². The van der Waals surface area contributed by atoms with Gasteiger partial charge in [-0.25, -0.2) is 19.3 Å². The molecule has 0 saturated carbocycles. The highest BCUT2D eigenvalue weighted by molar-refractivity contribution is 5.91. The van der Waals surface area contributed by atoms with Crippen LogP contribution < -0.4 is 5.73 Å². The molecule has 5 rings (SSSR count). The minimum atomic E-state index is 0.0479. The number of carbonyl (C=O) groups excluding carboxylic acids is 1. The zero-order valence-electron chi connectivity index (χ0n) is 17.0. The second-order valence-corrected chi connectivity index (χ2v) is 7.93. The number of benzene rings is 1. The number of piperidine rings is 1. The van der Waals surface area contributed by atoms with Gasteiger partial charge in [-0.2, -0.15) is 5.10 Å². The number of carbonyl (C=O) groups is 1. The molecule has 4 aromatic rings. The largest absolute Gasteiger partial charge is 0.382 e. The molecule has 2 amide bonds. The van der Waals surface area contributed by atoms with Crippen LogP contribution in [0.25, 0.3) is 27.8 Å². The third-order valence-corrected chi connectivity index (χ3v) is 5.78. The molecule has 3 N–H and O–H groups in total. The minimum Gasteiger partial charge on any atom is -0.382 e. The quantitative estimate of drug-likeness (QED) is 0.534.